The molecule has 0 N–H and O–H groups in total. The summed E-state index contributed by atoms with van der Waals surface area (Å²) in [5.41, 5.74) is 0. The average Bonchev–Trinajstić information content (AvgIpc) is 1.90. The van der Waals surface area contributed by atoms with Crippen molar-refractivity contribution in [3.8, 4) is 6.07 Å². The maximum Gasteiger partial charge on any atom is 0.159 e. The van der Waals surface area contributed by atoms with Gasteiger partial charge in [-0.25, -0.2) is 0 Å². The zero-order valence-corrected chi connectivity index (χ0v) is 4.37. The first-order chi connectivity index (χ1) is 3.93. The van der Waals surface area contributed by atoms with E-state index in [1.807, 2.05) is 6.07 Å². The van der Waals surface area contributed by atoms with E-state index in [2.05, 4.69) is 4.99 Å². The van der Waals surface area contributed by atoms with Gasteiger partial charge in [-0.3, -0.25) is 4.99 Å². The van der Waals surface area contributed by atoms with Crippen LogP contribution in [0.3, 0.4) is 0 Å². The molecule has 0 saturated heterocycles. The smallest absolute Gasteiger partial charge is 0.159 e. The summed E-state index contributed by atoms with van der Waals surface area (Å²) in [6.45, 7) is 1.01. The molecule has 42 valence electrons. The van der Waals surface area contributed by atoms with E-state index in [-0.39, 0.29) is 6.04 Å². The minimum atomic E-state index is -0.260. The summed E-state index contributed by atoms with van der Waals surface area (Å²) < 4.78 is 4.90. The van der Waals surface area contributed by atoms with Crippen LogP contribution in [0.4, 0.5) is 0 Å². The first kappa shape index (κ1) is 5.26. The Bertz CT molecular complexity index is 136. The van der Waals surface area contributed by atoms with Crippen molar-refractivity contribution in [1.82, 2.24) is 0 Å². The minimum Gasteiger partial charge on any atom is -0.372 e. The summed E-state index contributed by atoms with van der Waals surface area (Å²) in [5.74, 6) is 0. The van der Waals surface area contributed by atoms with Gasteiger partial charge in [0.05, 0.1) is 19.3 Å². The molecule has 1 atom stereocenters. The lowest BCUT2D eigenvalue weighted by molar-refractivity contribution is 0.160. The Morgan fingerprint density at radius 2 is 2.75 bits per heavy atom. The van der Waals surface area contributed by atoms with E-state index in [1.54, 1.807) is 6.21 Å². The maximum absolute atomic E-state index is 8.25. The van der Waals surface area contributed by atoms with Gasteiger partial charge >= 0.3 is 0 Å². The number of ether oxygens (including phenoxy) is 1. The third-order valence-corrected chi connectivity index (χ3v) is 0.902. The van der Waals surface area contributed by atoms with Crippen molar-refractivity contribution in [2.75, 3.05) is 13.2 Å². The van der Waals surface area contributed by atoms with Gasteiger partial charge in [0.15, 0.2) is 6.04 Å². The molecule has 0 aromatic heterocycles. The van der Waals surface area contributed by atoms with Gasteiger partial charge in [0.1, 0.15) is 0 Å². The van der Waals surface area contributed by atoms with Crippen molar-refractivity contribution in [3.05, 3.63) is 0 Å². The van der Waals surface area contributed by atoms with E-state index >= 15 is 0 Å². The van der Waals surface area contributed by atoms with E-state index in [9.17, 15) is 0 Å². The second kappa shape index (κ2) is 2.43. The van der Waals surface area contributed by atoms with Crippen LogP contribution in [0.5, 0.6) is 0 Å². The lowest BCUT2D eigenvalue weighted by Gasteiger charge is -2.07. The fourth-order valence-corrected chi connectivity index (χ4v) is 0.516. The van der Waals surface area contributed by atoms with Crippen LogP contribution < -0.4 is 0 Å². The van der Waals surface area contributed by atoms with Gasteiger partial charge in [-0.15, -0.1) is 0 Å². The summed E-state index contributed by atoms with van der Waals surface area (Å²) >= 11 is 0. The van der Waals surface area contributed by atoms with E-state index in [1.165, 1.54) is 0 Å². The molecule has 0 spiro atoms. The number of nitrogens with zero attached hydrogens (tertiary/aromatic N) is 2. The number of nitriles is 1. The molecule has 0 bridgehead atoms. The molecule has 1 unspecified atom stereocenters. The van der Waals surface area contributed by atoms with Gasteiger partial charge in [0.2, 0.25) is 0 Å². The summed E-state index contributed by atoms with van der Waals surface area (Å²) in [5, 5.41) is 8.25. The Labute approximate surface area is 47.6 Å². The molecule has 1 aliphatic heterocycles. The molecule has 0 aromatic carbocycles. The van der Waals surface area contributed by atoms with Crippen LogP contribution >= 0.6 is 0 Å². The molecule has 1 rings (SSSR count). The standard InChI is InChI=1S/C5H6N2O/c6-3-5-4-8-2-1-7-5/h1,5H,2,4H2. The normalized spacial score (nSPS) is 27.1. The van der Waals surface area contributed by atoms with Crippen molar-refractivity contribution in [1.29, 1.82) is 5.26 Å². The van der Waals surface area contributed by atoms with Crippen LogP contribution in [0.1, 0.15) is 0 Å². The fraction of sp³-hybridized carbons (Fsp3) is 0.600. The minimum absolute atomic E-state index is 0.260. The highest BCUT2D eigenvalue weighted by Gasteiger charge is 2.05. The first-order valence-electron chi connectivity index (χ1n) is 2.42. The van der Waals surface area contributed by atoms with Crippen molar-refractivity contribution in [2.45, 2.75) is 6.04 Å². The average molecular weight is 110 g/mol. The number of hydrogen-bond donors (Lipinski definition) is 0. The number of rotatable bonds is 0. The molecule has 1 heterocycles. The molecule has 1 aliphatic rings. The van der Waals surface area contributed by atoms with Crippen molar-refractivity contribution in [3.63, 3.8) is 0 Å². The summed E-state index contributed by atoms with van der Waals surface area (Å²) in [6, 6.07) is 1.72. The zero-order chi connectivity index (χ0) is 5.82. The Morgan fingerprint density at radius 3 is 3.12 bits per heavy atom. The van der Waals surface area contributed by atoms with Gasteiger partial charge in [-0.05, 0) is 0 Å². The molecule has 0 aliphatic carbocycles. The van der Waals surface area contributed by atoms with Crippen molar-refractivity contribution in [2.24, 2.45) is 4.99 Å². The van der Waals surface area contributed by atoms with Gasteiger partial charge in [0.25, 0.3) is 0 Å². The molecule has 0 aromatic rings. The molecule has 0 saturated carbocycles. The molecule has 8 heavy (non-hydrogen) atoms. The molecule has 3 nitrogen and oxygen atoms in total. The molecular formula is C5H6N2O. The predicted molar refractivity (Wildman–Crippen MR) is 28.7 cm³/mol. The zero-order valence-electron chi connectivity index (χ0n) is 4.37. The summed E-state index contributed by atoms with van der Waals surface area (Å²) in [6.07, 6.45) is 1.62. The van der Waals surface area contributed by atoms with E-state index < -0.39 is 0 Å². The highest BCUT2D eigenvalue weighted by atomic mass is 16.5. The predicted octanol–water partition coefficient (Wildman–Crippen LogP) is -0.0204. The van der Waals surface area contributed by atoms with Gasteiger partial charge < -0.3 is 4.74 Å². The third-order valence-electron chi connectivity index (χ3n) is 0.902. The van der Waals surface area contributed by atoms with Crippen LogP contribution in [0.15, 0.2) is 4.99 Å². The maximum atomic E-state index is 8.25. The Kier molecular flexibility index (Phi) is 1.60. The first-order valence-corrected chi connectivity index (χ1v) is 2.42. The second-order valence-electron chi connectivity index (χ2n) is 1.51. The molecule has 3 heteroatoms. The lowest BCUT2D eigenvalue weighted by atomic mass is 10.3. The summed E-state index contributed by atoms with van der Waals surface area (Å²) in [4.78, 5) is 3.84. The van der Waals surface area contributed by atoms with E-state index in [0.29, 0.717) is 13.2 Å². The van der Waals surface area contributed by atoms with Gasteiger partial charge in [0, 0.05) is 6.21 Å². The topological polar surface area (TPSA) is 45.4 Å². The van der Waals surface area contributed by atoms with Crippen LogP contribution in [-0.2, 0) is 4.74 Å². The monoisotopic (exact) mass is 110 g/mol. The quantitative estimate of drug-likeness (QED) is 0.440. The van der Waals surface area contributed by atoms with Gasteiger partial charge in [-0.2, -0.15) is 5.26 Å². The van der Waals surface area contributed by atoms with Crippen molar-refractivity contribution >= 4 is 6.21 Å². The SMILES string of the molecule is N#CC1COCC=N1. The Balaban J connectivity index is 2.46. The van der Waals surface area contributed by atoms with Crippen molar-refractivity contribution < 1.29 is 4.74 Å². The highest BCUT2D eigenvalue weighted by Crippen LogP contribution is 1.93. The molecule has 0 radical (unpaired) electrons. The second-order valence-corrected chi connectivity index (χ2v) is 1.51. The molecular weight excluding hydrogens is 104 g/mol. The van der Waals surface area contributed by atoms with Crippen LogP contribution in [0, 0.1) is 11.3 Å². The fourth-order valence-electron chi connectivity index (χ4n) is 0.516. The lowest BCUT2D eigenvalue weighted by Crippen LogP contribution is -2.17. The van der Waals surface area contributed by atoms with Gasteiger partial charge in [-0.1, -0.05) is 0 Å². The Hall–Kier alpha value is -0.880. The highest BCUT2D eigenvalue weighted by molar-refractivity contribution is 5.59. The third kappa shape index (κ3) is 1.04. The summed E-state index contributed by atoms with van der Waals surface area (Å²) in [7, 11) is 0. The molecule has 0 fully saturated rings. The van der Waals surface area contributed by atoms with Crippen LogP contribution in [-0.4, -0.2) is 25.5 Å². The Morgan fingerprint density at radius 1 is 1.88 bits per heavy atom. The largest absolute Gasteiger partial charge is 0.372 e. The van der Waals surface area contributed by atoms with Crippen LogP contribution in [0.2, 0.25) is 0 Å². The van der Waals surface area contributed by atoms with E-state index in [4.69, 9.17) is 10.00 Å². The number of aliphatic imine (C=N–C) groups is 1. The van der Waals surface area contributed by atoms with E-state index in [0.717, 1.165) is 0 Å². The molecule has 0 amide bonds. The van der Waals surface area contributed by atoms with Crippen LogP contribution in [0.25, 0.3) is 0 Å². The number of hydrogen-bond acceptors (Lipinski definition) is 3.